The van der Waals surface area contributed by atoms with Crippen molar-refractivity contribution >= 4 is 22.6 Å². The lowest BCUT2D eigenvalue weighted by Gasteiger charge is -2.04. The Kier molecular flexibility index (Phi) is 2.40. The molecule has 1 aliphatic heterocycles. The van der Waals surface area contributed by atoms with E-state index in [4.69, 9.17) is 14.2 Å². The fraction of sp³-hybridized carbons (Fsp3) is 0.0769. The fourth-order valence-electron chi connectivity index (χ4n) is 2.02. The van der Waals surface area contributed by atoms with Gasteiger partial charge >= 0.3 is 0 Å². The van der Waals surface area contributed by atoms with Gasteiger partial charge in [-0.05, 0) is 12.1 Å². The predicted octanol–water partition coefficient (Wildman–Crippen LogP) is 2.73. The normalized spacial score (nSPS) is 12.8. The van der Waals surface area contributed by atoms with Crippen LogP contribution in [0, 0.1) is 0 Å². The van der Waals surface area contributed by atoms with Gasteiger partial charge in [0.2, 0.25) is 12.7 Å². The molecule has 3 aromatic rings. The molecule has 0 spiro atoms. The zero-order valence-corrected chi connectivity index (χ0v) is 10.9. The molecule has 0 radical (unpaired) electrons. The summed E-state index contributed by atoms with van der Waals surface area (Å²) in [6.45, 7) is 0.207. The highest BCUT2D eigenvalue weighted by molar-refractivity contribution is 7.15. The largest absolute Gasteiger partial charge is 0.454 e. The van der Waals surface area contributed by atoms with Crippen molar-refractivity contribution in [3.05, 3.63) is 35.5 Å². The standard InChI is InChI=1S/C13H8N2O4S/c16-6-9-12(14-13-15(9)3-4-20-13)19-8-1-2-10-11(5-8)18-7-17-10/h1-6H,7H2. The smallest absolute Gasteiger partial charge is 0.250 e. The number of imidazole rings is 1. The number of aldehydes is 1. The molecule has 0 fully saturated rings. The van der Waals surface area contributed by atoms with E-state index < -0.39 is 0 Å². The van der Waals surface area contributed by atoms with E-state index in [0.717, 1.165) is 6.29 Å². The van der Waals surface area contributed by atoms with Crippen molar-refractivity contribution in [2.75, 3.05) is 6.79 Å². The summed E-state index contributed by atoms with van der Waals surface area (Å²) in [5, 5.41) is 1.86. The van der Waals surface area contributed by atoms with Crippen LogP contribution in [0.5, 0.6) is 23.1 Å². The monoisotopic (exact) mass is 288 g/mol. The van der Waals surface area contributed by atoms with E-state index in [-0.39, 0.29) is 12.7 Å². The number of ether oxygens (including phenoxy) is 3. The zero-order valence-electron chi connectivity index (χ0n) is 10.1. The van der Waals surface area contributed by atoms with Gasteiger partial charge < -0.3 is 14.2 Å². The third-order valence-electron chi connectivity index (χ3n) is 2.94. The summed E-state index contributed by atoms with van der Waals surface area (Å²) in [5.74, 6) is 2.13. The Hall–Kier alpha value is -2.54. The number of nitrogens with zero attached hydrogens (tertiary/aromatic N) is 2. The van der Waals surface area contributed by atoms with Gasteiger partial charge in [-0.2, -0.15) is 4.98 Å². The molecule has 4 rings (SSSR count). The van der Waals surface area contributed by atoms with Gasteiger partial charge in [0, 0.05) is 17.6 Å². The Morgan fingerprint density at radius 3 is 3.15 bits per heavy atom. The number of carbonyl (C=O) groups is 1. The summed E-state index contributed by atoms with van der Waals surface area (Å²) in [4.78, 5) is 16.2. The minimum Gasteiger partial charge on any atom is -0.454 e. The number of benzene rings is 1. The Balaban J connectivity index is 1.73. The van der Waals surface area contributed by atoms with Crippen LogP contribution in [0.15, 0.2) is 29.8 Å². The number of hydrogen-bond acceptors (Lipinski definition) is 6. The Morgan fingerprint density at radius 2 is 2.25 bits per heavy atom. The number of hydrogen-bond donors (Lipinski definition) is 0. The molecule has 2 aromatic heterocycles. The van der Waals surface area contributed by atoms with E-state index in [2.05, 4.69) is 4.98 Å². The number of carbonyl (C=O) groups excluding carboxylic acids is 1. The maximum atomic E-state index is 11.2. The second kappa shape index (κ2) is 4.24. The molecule has 7 heteroatoms. The Morgan fingerprint density at radius 1 is 1.35 bits per heavy atom. The third kappa shape index (κ3) is 1.64. The molecule has 0 saturated carbocycles. The first kappa shape index (κ1) is 11.3. The molecule has 0 N–H and O–H groups in total. The van der Waals surface area contributed by atoms with Crippen molar-refractivity contribution in [2.24, 2.45) is 0 Å². The van der Waals surface area contributed by atoms with Crippen molar-refractivity contribution in [1.29, 1.82) is 0 Å². The highest BCUT2D eigenvalue weighted by Gasteiger charge is 2.17. The van der Waals surface area contributed by atoms with Crippen molar-refractivity contribution in [2.45, 2.75) is 0 Å². The van der Waals surface area contributed by atoms with Gasteiger partial charge in [-0.1, -0.05) is 0 Å². The predicted molar refractivity (Wildman–Crippen MR) is 71.1 cm³/mol. The van der Waals surface area contributed by atoms with Crippen LogP contribution in [0.1, 0.15) is 10.5 Å². The molecule has 0 amide bonds. The maximum absolute atomic E-state index is 11.2. The van der Waals surface area contributed by atoms with E-state index in [0.29, 0.717) is 27.9 Å². The molecule has 3 heterocycles. The second-order valence-corrected chi connectivity index (χ2v) is 4.97. The molecule has 1 aliphatic rings. The molecular weight excluding hydrogens is 280 g/mol. The van der Waals surface area contributed by atoms with Gasteiger partial charge in [-0.3, -0.25) is 9.20 Å². The van der Waals surface area contributed by atoms with Crippen LogP contribution in [-0.4, -0.2) is 22.5 Å². The number of rotatable bonds is 3. The molecular formula is C13H8N2O4S. The Labute approximate surface area is 117 Å². The summed E-state index contributed by atoms with van der Waals surface area (Å²) in [5.41, 5.74) is 0.388. The van der Waals surface area contributed by atoms with Crippen LogP contribution in [0.3, 0.4) is 0 Å². The van der Waals surface area contributed by atoms with Gasteiger partial charge in [0.05, 0.1) is 0 Å². The van der Waals surface area contributed by atoms with Crippen molar-refractivity contribution in [3.63, 3.8) is 0 Å². The van der Waals surface area contributed by atoms with E-state index in [1.165, 1.54) is 11.3 Å². The number of fused-ring (bicyclic) bond motifs is 2. The zero-order chi connectivity index (χ0) is 13.5. The third-order valence-corrected chi connectivity index (χ3v) is 3.69. The molecule has 0 bridgehead atoms. The summed E-state index contributed by atoms with van der Waals surface area (Å²) < 4.78 is 17.9. The second-order valence-electron chi connectivity index (χ2n) is 4.09. The summed E-state index contributed by atoms with van der Waals surface area (Å²) in [6, 6.07) is 5.22. The molecule has 20 heavy (non-hydrogen) atoms. The molecule has 0 atom stereocenters. The van der Waals surface area contributed by atoms with Gasteiger partial charge in [0.15, 0.2) is 28.4 Å². The quantitative estimate of drug-likeness (QED) is 0.693. The molecule has 1 aromatic carbocycles. The first-order chi connectivity index (χ1) is 9.85. The highest BCUT2D eigenvalue weighted by atomic mass is 32.1. The fourth-order valence-corrected chi connectivity index (χ4v) is 2.73. The van der Waals surface area contributed by atoms with Gasteiger partial charge in [0.1, 0.15) is 5.75 Å². The van der Waals surface area contributed by atoms with Gasteiger partial charge in [0.25, 0.3) is 0 Å². The topological polar surface area (TPSA) is 62.1 Å². The lowest BCUT2D eigenvalue weighted by atomic mass is 10.3. The first-order valence-corrected chi connectivity index (χ1v) is 6.71. The molecule has 0 saturated heterocycles. The van der Waals surface area contributed by atoms with Crippen molar-refractivity contribution in [3.8, 4) is 23.1 Å². The number of aromatic nitrogens is 2. The maximum Gasteiger partial charge on any atom is 0.250 e. The summed E-state index contributed by atoms with van der Waals surface area (Å²) in [7, 11) is 0. The lowest BCUT2D eigenvalue weighted by molar-refractivity contribution is 0.111. The van der Waals surface area contributed by atoms with Crippen LogP contribution >= 0.6 is 11.3 Å². The van der Waals surface area contributed by atoms with E-state index in [1.807, 2.05) is 5.38 Å². The van der Waals surface area contributed by atoms with Crippen LogP contribution in [0.25, 0.3) is 4.96 Å². The van der Waals surface area contributed by atoms with Crippen LogP contribution in [0.4, 0.5) is 0 Å². The highest BCUT2D eigenvalue weighted by Crippen LogP contribution is 2.37. The van der Waals surface area contributed by atoms with Crippen LogP contribution in [0.2, 0.25) is 0 Å². The minimum absolute atomic E-state index is 0.207. The summed E-state index contributed by atoms with van der Waals surface area (Å²) >= 11 is 1.44. The summed E-state index contributed by atoms with van der Waals surface area (Å²) in [6.07, 6.45) is 2.51. The first-order valence-electron chi connectivity index (χ1n) is 5.83. The SMILES string of the molecule is O=Cc1c(Oc2ccc3c(c2)OCO3)nc2sccn12. The number of thiazole rings is 1. The van der Waals surface area contributed by atoms with Crippen LogP contribution < -0.4 is 14.2 Å². The molecule has 0 aliphatic carbocycles. The van der Waals surface area contributed by atoms with Crippen molar-refractivity contribution < 1.29 is 19.0 Å². The van der Waals surface area contributed by atoms with E-state index in [9.17, 15) is 4.79 Å². The van der Waals surface area contributed by atoms with Gasteiger partial charge in [-0.25, -0.2) is 0 Å². The van der Waals surface area contributed by atoms with E-state index in [1.54, 1.807) is 28.8 Å². The van der Waals surface area contributed by atoms with Crippen molar-refractivity contribution in [1.82, 2.24) is 9.38 Å². The molecule has 0 unspecified atom stereocenters. The molecule has 100 valence electrons. The lowest BCUT2D eigenvalue weighted by Crippen LogP contribution is -1.93. The van der Waals surface area contributed by atoms with E-state index >= 15 is 0 Å². The van der Waals surface area contributed by atoms with Crippen LogP contribution in [-0.2, 0) is 0 Å². The minimum atomic E-state index is 0.207. The average Bonchev–Trinajstić information content (AvgIpc) is 3.12. The average molecular weight is 288 g/mol. The van der Waals surface area contributed by atoms with Gasteiger partial charge in [-0.15, -0.1) is 11.3 Å². The Bertz CT molecular complexity index is 808. The molecule has 6 nitrogen and oxygen atoms in total.